The molecule has 0 aliphatic rings. The van der Waals surface area contributed by atoms with Gasteiger partial charge in [0.1, 0.15) is 0 Å². The van der Waals surface area contributed by atoms with Gasteiger partial charge in [-0.3, -0.25) is 9.59 Å². The maximum atomic E-state index is 12.2. The molecule has 0 aromatic heterocycles. The lowest BCUT2D eigenvalue weighted by Crippen LogP contribution is -2.29. The number of carbonyl (C=O) groups is 2. The molecule has 0 atom stereocenters. The Bertz CT molecular complexity index is 756. The SMILES string of the molecule is Cc1ccccc1CC(=O)NCc1ccc(NC(=O)C(F)(F)F)cc1. The van der Waals surface area contributed by atoms with E-state index < -0.39 is 12.1 Å². The number of amides is 2. The number of rotatable bonds is 5. The van der Waals surface area contributed by atoms with Crippen LogP contribution in [0.1, 0.15) is 16.7 Å². The summed E-state index contributed by atoms with van der Waals surface area (Å²) in [6, 6.07) is 13.4. The summed E-state index contributed by atoms with van der Waals surface area (Å²) < 4.78 is 36.5. The Balaban J connectivity index is 1.86. The minimum absolute atomic E-state index is 0.0392. The molecule has 0 spiro atoms. The van der Waals surface area contributed by atoms with E-state index in [0.717, 1.165) is 11.1 Å². The van der Waals surface area contributed by atoms with Crippen LogP contribution in [0.25, 0.3) is 0 Å². The third kappa shape index (κ3) is 5.63. The number of benzene rings is 2. The molecule has 0 aliphatic carbocycles. The van der Waals surface area contributed by atoms with Crippen molar-refractivity contribution in [1.29, 1.82) is 0 Å². The average molecular weight is 350 g/mol. The second-order valence-electron chi connectivity index (χ2n) is 5.53. The number of anilines is 1. The van der Waals surface area contributed by atoms with Crippen LogP contribution in [0.15, 0.2) is 48.5 Å². The lowest BCUT2D eigenvalue weighted by Gasteiger charge is -2.10. The summed E-state index contributed by atoms with van der Waals surface area (Å²) in [4.78, 5) is 22.8. The highest BCUT2D eigenvalue weighted by atomic mass is 19.4. The Labute approximate surface area is 143 Å². The molecule has 2 rings (SSSR count). The number of aryl methyl sites for hydroxylation is 1. The molecule has 0 fully saturated rings. The van der Waals surface area contributed by atoms with Gasteiger partial charge in [0.2, 0.25) is 5.91 Å². The first-order valence-electron chi connectivity index (χ1n) is 7.54. The summed E-state index contributed by atoms with van der Waals surface area (Å²) in [7, 11) is 0. The van der Waals surface area contributed by atoms with E-state index in [1.807, 2.05) is 31.2 Å². The highest BCUT2D eigenvalue weighted by molar-refractivity contribution is 5.94. The third-order valence-corrected chi connectivity index (χ3v) is 3.57. The van der Waals surface area contributed by atoms with Gasteiger partial charge in [-0.2, -0.15) is 13.2 Å². The Morgan fingerprint density at radius 2 is 1.64 bits per heavy atom. The Morgan fingerprint density at radius 1 is 1.00 bits per heavy atom. The van der Waals surface area contributed by atoms with E-state index in [0.29, 0.717) is 5.56 Å². The highest BCUT2D eigenvalue weighted by Gasteiger charge is 2.38. The smallest absolute Gasteiger partial charge is 0.352 e. The van der Waals surface area contributed by atoms with E-state index in [-0.39, 0.29) is 24.6 Å². The molecule has 0 saturated heterocycles. The van der Waals surface area contributed by atoms with E-state index >= 15 is 0 Å². The lowest BCUT2D eigenvalue weighted by atomic mass is 10.1. The fourth-order valence-corrected chi connectivity index (χ4v) is 2.15. The van der Waals surface area contributed by atoms with Gasteiger partial charge < -0.3 is 10.6 Å². The maximum Gasteiger partial charge on any atom is 0.471 e. The van der Waals surface area contributed by atoms with Gasteiger partial charge in [0.25, 0.3) is 0 Å². The molecule has 132 valence electrons. The van der Waals surface area contributed by atoms with Crippen molar-refractivity contribution >= 4 is 17.5 Å². The van der Waals surface area contributed by atoms with Crippen molar-refractivity contribution in [3.05, 3.63) is 65.2 Å². The normalized spacial score (nSPS) is 11.0. The van der Waals surface area contributed by atoms with Crippen LogP contribution in [0.4, 0.5) is 18.9 Å². The van der Waals surface area contributed by atoms with Crippen molar-refractivity contribution < 1.29 is 22.8 Å². The lowest BCUT2D eigenvalue weighted by molar-refractivity contribution is -0.167. The zero-order chi connectivity index (χ0) is 18.4. The molecule has 25 heavy (non-hydrogen) atoms. The number of hydrogen-bond donors (Lipinski definition) is 2. The van der Waals surface area contributed by atoms with Crippen molar-refractivity contribution in [2.75, 3.05) is 5.32 Å². The molecule has 7 heteroatoms. The molecule has 2 aromatic carbocycles. The molecule has 0 heterocycles. The minimum Gasteiger partial charge on any atom is -0.352 e. The molecule has 0 saturated carbocycles. The van der Waals surface area contributed by atoms with Crippen molar-refractivity contribution in [1.82, 2.24) is 5.32 Å². The Morgan fingerprint density at radius 3 is 2.24 bits per heavy atom. The molecule has 2 amide bonds. The summed E-state index contributed by atoms with van der Waals surface area (Å²) in [5.74, 6) is -2.17. The van der Waals surface area contributed by atoms with Gasteiger partial charge in [0, 0.05) is 12.2 Å². The highest BCUT2D eigenvalue weighted by Crippen LogP contribution is 2.18. The first-order chi connectivity index (χ1) is 11.8. The number of halogens is 3. The monoisotopic (exact) mass is 350 g/mol. The van der Waals surface area contributed by atoms with Crippen LogP contribution in [0.5, 0.6) is 0 Å². The summed E-state index contributed by atoms with van der Waals surface area (Å²) in [6.45, 7) is 2.18. The van der Waals surface area contributed by atoms with Gasteiger partial charge in [-0.15, -0.1) is 0 Å². The molecule has 0 radical (unpaired) electrons. The van der Waals surface area contributed by atoms with Gasteiger partial charge >= 0.3 is 12.1 Å². The Hall–Kier alpha value is -2.83. The van der Waals surface area contributed by atoms with Crippen LogP contribution >= 0.6 is 0 Å². The molecule has 4 nitrogen and oxygen atoms in total. The van der Waals surface area contributed by atoms with Crippen LogP contribution in [0, 0.1) is 6.92 Å². The number of nitrogens with one attached hydrogen (secondary N) is 2. The summed E-state index contributed by atoms with van der Waals surface area (Å²) in [5, 5.41) is 4.51. The summed E-state index contributed by atoms with van der Waals surface area (Å²) in [6.07, 6.45) is -4.67. The number of alkyl halides is 3. The third-order valence-electron chi connectivity index (χ3n) is 3.57. The quantitative estimate of drug-likeness (QED) is 0.869. The standard InChI is InChI=1S/C18H17F3N2O2/c1-12-4-2-3-5-14(12)10-16(24)22-11-13-6-8-15(9-7-13)23-17(25)18(19,20)21/h2-9H,10-11H2,1H3,(H,22,24)(H,23,25). The van der Waals surface area contributed by atoms with Crippen LogP contribution in [-0.2, 0) is 22.6 Å². The predicted octanol–water partition coefficient (Wildman–Crippen LogP) is 3.35. The van der Waals surface area contributed by atoms with Gasteiger partial charge in [0.05, 0.1) is 6.42 Å². The molecular weight excluding hydrogens is 333 g/mol. The van der Waals surface area contributed by atoms with E-state index in [2.05, 4.69) is 5.32 Å². The molecule has 2 N–H and O–H groups in total. The van der Waals surface area contributed by atoms with Crippen LogP contribution < -0.4 is 10.6 Å². The second kappa shape index (κ2) is 7.83. The van der Waals surface area contributed by atoms with E-state index in [1.165, 1.54) is 12.1 Å². The first kappa shape index (κ1) is 18.5. The number of hydrogen-bond acceptors (Lipinski definition) is 2. The van der Waals surface area contributed by atoms with E-state index in [4.69, 9.17) is 0 Å². The largest absolute Gasteiger partial charge is 0.471 e. The van der Waals surface area contributed by atoms with Crippen LogP contribution in [0.2, 0.25) is 0 Å². The van der Waals surface area contributed by atoms with Crippen molar-refractivity contribution in [3.8, 4) is 0 Å². The molecule has 0 bridgehead atoms. The van der Waals surface area contributed by atoms with Gasteiger partial charge in [-0.25, -0.2) is 0 Å². The topological polar surface area (TPSA) is 58.2 Å². The summed E-state index contributed by atoms with van der Waals surface area (Å²) in [5.41, 5.74) is 2.72. The van der Waals surface area contributed by atoms with E-state index in [1.54, 1.807) is 17.4 Å². The zero-order valence-electron chi connectivity index (χ0n) is 13.5. The fourth-order valence-electron chi connectivity index (χ4n) is 2.15. The Kier molecular flexibility index (Phi) is 5.80. The predicted molar refractivity (Wildman–Crippen MR) is 87.9 cm³/mol. The van der Waals surface area contributed by atoms with Crippen molar-refractivity contribution in [3.63, 3.8) is 0 Å². The molecular formula is C18H17F3N2O2. The molecule has 0 unspecified atom stereocenters. The molecule has 2 aromatic rings. The maximum absolute atomic E-state index is 12.2. The van der Waals surface area contributed by atoms with Crippen molar-refractivity contribution in [2.45, 2.75) is 26.1 Å². The van der Waals surface area contributed by atoms with Gasteiger partial charge in [-0.1, -0.05) is 36.4 Å². The fraction of sp³-hybridized carbons (Fsp3) is 0.222. The average Bonchev–Trinajstić information content (AvgIpc) is 2.55. The van der Waals surface area contributed by atoms with Crippen LogP contribution in [-0.4, -0.2) is 18.0 Å². The summed E-state index contributed by atoms with van der Waals surface area (Å²) >= 11 is 0. The first-order valence-corrected chi connectivity index (χ1v) is 7.54. The van der Waals surface area contributed by atoms with E-state index in [9.17, 15) is 22.8 Å². The second-order valence-corrected chi connectivity index (χ2v) is 5.53. The van der Waals surface area contributed by atoms with Gasteiger partial charge in [-0.05, 0) is 35.7 Å². The van der Waals surface area contributed by atoms with Crippen LogP contribution in [0.3, 0.4) is 0 Å². The van der Waals surface area contributed by atoms with Crippen molar-refractivity contribution in [2.24, 2.45) is 0 Å². The zero-order valence-corrected chi connectivity index (χ0v) is 13.5. The van der Waals surface area contributed by atoms with Gasteiger partial charge in [0.15, 0.2) is 0 Å². The molecule has 0 aliphatic heterocycles. The number of carbonyl (C=O) groups excluding carboxylic acids is 2. The minimum atomic E-state index is -4.93.